The van der Waals surface area contributed by atoms with Gasteiger partial charge in [0.1, 0.15) is 5.75 Å². The molecule has 1 heterocycles. The van der Waals surface area contributed by atoms with Crippen molar-refractivity contribution in [3.8, 4) is 5.75 Å². The number of carbonyl (C=O) groups is 1. The van der Waals surface area contributed by atoms with Crippen molar-refractivity contribution in [3.05, 3.63) is 59.7 Å². The van der Waals surface area contributed by atoms with E-state index in [0.29, 0.717) is 23.2 Å². The zero-order chi connectivity index (χ0) is 23.9. The Morgan fingerprint density at radius 3 is 2.71 bits per heavy atom. The molecule has 34 heavy (non-hydrogen) atoms. The van der Waals surface area contributed by atoms with Crippen molar-refractivity contribution >= 4 is 17.6 Å². The van der Waals surface area contributed by atoms with Gasteiger partial charge in [0, 0.05) is 12.6 Å². The Hall–Kier alpha value is -3.02. The molecular weight excluding hydrogens is 426 g/mol. The topological polar surface area (TPSA) is 74.2 Å². The van der Waals surface area contributed by atoms with Gasteiger partial charge in [-0.2, -0.15) is 0 Å². The number of aryl methyl sites for hydroxylation is 1. The fraction of sp³-hybridized carbons (Fsp3) is 0.500. The van der Waals surface area contributed by atoms with E-state index in [-0.39, 0.29) is 11.8 Å². The van der Waals surface area contributed by atoms with Crippen molar-refractivity contribution < 1.29 is 14.6 Å². The van der Waals surface area contributed by atoms with Gasteiger partial charge in [-0.3, -0.25) is 0 Å². The van der Waals surface area contributed by atoms with Crippen molar-refractivity contribution in [1.82, 2.24) is 4.90 Å². The largest absolute Gasteiger partial charge is 0.506 e. The summed E-state index contributed by atoms with van der Waals surface area (Å²) in [7, 11) is 1.36. The Balaban J connectivity index is 1.60. The molecule has 6 heteroatoms. The lowest BCUT2D eigenvalue weighted by atomic mass is 9.78. The van der Waals surface area contributed by atoms with Crippen LogP contribution in [-0.2, 0) is 11.2 Å². The van der Waals surface area contributed by atoms with Crippen molar-refractivity contribution in [2.45, 2.75) is 70.4 Å². The Morgan fingerprint density at radius 1 is 1.15 bits per heavy atom. The number of ether oxygens (including phenoxy) is 1. The van der Waals surface area contributed by atoms with E-state index in [1.807, 2.05) is 6.07 Å². The molecule has 2 aliphatic rings. The standard InChI is InChI=1S/C28H37N3O3/c1-20(14-15-21-9-4-3-5-10-21)29-28(31-18-8-12-22-11-6-7-13-25(22)31)30-24-19-23(27(33)34-2)16-17-26(24)32/h3-5,9-10,16-17,19-20,22,25,32H,6-8,11-15,18H2,1-2H3,(H,29,30). The number of benzene rings is 2. The van der Waals surface area contributed by atoms with Crippen LogP contribution in [0.25, 0.3) is 0 Å². The Morgan fingerprint density at radius 2 is 1.91 bits per heavy atom. The van der Waals surface area contributed by atoms with Crippen LogP contribution < -0.4 is 5.32 Å². The summed E-state index contributed by atoms with van der Waals surface area (Å²) in [5, 5.41) is 14.0. The predicted octanol–water partition coefficient (Wildman–Crippen LogP) is 5.62. The number of fused-ring (bicyclic) bond motifs is 1. The van der Waals surface area contributed by atoms with Crippen LogP contribution in [-0.4, -0.2) is 47.7 Å². The van der Waals surface area contributed by atoms with Crippen LogP contribution in [0.15, 0.2) is 53.5 Å². The number of anilines is 1. The molecule has 1 aliphatic heterocycles. The van der Waals surface area contributed by atoms with Crippen molar-refractivity contribution in [1.29, 1.82) is 0 Å². The summed E-state index contributed by atoms with van der Waals surface area (Å²) in [6.45, 7) is 3.10. The van der Waals surface area contributed by atoms with Gasteiger partial charge >= 0.3 is 5.97 Å². The van der Waals surface area contributed by atoms with Gasteiger partial charge in [-0.15, -0.1) is 0 Å². The Kier molecular flexibility index (Phi) is 8.09. The number of hydrogen-bond donors (Lipinski definition) is 2. The van der Waals surface area contributed by atoms with Gasteiger partial charge in [0.05, 0.1) is 24.4 Å². The quantitative estimate of drug-likeness (QED) is 0.252. The van der Waals surface area contributed by atoms with Crippen molar-refractivity contribution in [3.63, 3.8) is 0 Å². The van der Waals surface area contributed by atoms with E-state index in [0.717, 1.165) is 31.8 Å². The zero-order valence-electron chi connectivity index (χ0n) is 20.4. The third-order valence-corrected chi connectivity index (χ3v) is 7.22. The number of likely N-dealkylation sites (tertiary alicyclic amines) is 1. The minimum absolute atomic E-state index is 0.0921. The van der Waals surface area contributed by atoms with E-state index >= 15 is 0 Å². The molecule has 4 rings (SSSR count). The molecule has 1 saturated heterocycles. The van der Waals surface area contributed by atoms with Crippen LogP contribution in [0, 0.1) is 5.92 Å². The molecular formula is C28H37N3O3. The number of nitrogens with zero attached hydrogens (tertiary/aromatic N) is 2. The molecule has 2 aromatic carbocycles. The van der Waals surface area contributed by atoms with E-state index < -0.39 is 5.97 Å². The van der Waals surface area contributed by atoms with E-state index in [9.17, 15) is 9.90 Å². The van der Waals surface area contributed by atoms with Crippen LogP contribution in [0.1, 0.15) is 67.8 Å². The molecule has 1 saturated carbocycles. The molecule has 2 fully saturated rings. The van der Waals surface area contributed by atoms with Crippen LogP contribution in [0.2, 0.25) is 0 Å². The van der Waals surface area contributed by atoms with Crippen molar-refractivity contribution in [2.24, 2.45) is 10.9 Å². The fourth-order valence-electron chi connectivity index (χ4n) is 5.36. The summed E-state index contributed by atoms with van der Waals surface area (Å²) in [6.07, 6.45) is 9.34. The Labute approximate surface area is 203 Å². The molecule has 3 unspecified atom stereocenters. The van der Waals surface area contributed by atoms with Gasteiger partial charge < -0.3 is 20.1 Å². The molecule has 2 N–H and O–H groups in total. The number of phenolic OH excluding ortho intramolecular Hbond substituents is 1. The smallest absolute Gasteiger partial charge is 0.337 e. The lowest BCUT2D eigenvalue weighted by Gasteiger charge is -2.45. The first-order valence-corrected chi connectivity index (χ1v) is 12.6. The van der Waals surface area contributed by atoms with Gasteiger partial charge in [-0.1, -0.05) is 43.2 Å². The first-order valence-electron chi connectivity index (χ1n) is 12.6. The average Bonchev–Trinajstić information content (AvgIpc) is 2.88. The molecule has 3 atom stereocenters. The van der Waals surface area contributed by atoms with E-state index in [2.05, 4.69) is 41.4 Å². The maximum Gasteiger partial charge on any atom is 0.337 e. The third kappa shape index (κ3) is 5.91. The number of esters is 1. The number of guanidine groups is 1. The minimum Gasteiger partial charge on any atom is -0.506 e. The number of nitrogens with one attached hydrogen (secondary N) is 1. The monoisotopic (exact) mass is 463 g/mol. The van der Waals surface area contributed by atoms with Crippen LogP contribution in [0.3, 0.4) is 0 Å². The second kappa shape index (κ2) is 11.4. The lowest BCUT2D eigenvalue weighted by Crippen LogP contribution is -2.52. The first kappa shape index (κ1) is 24.1. The van der Waals surface area contributed by atoms with Crippen LogP contribution in [0.4, 0.5) is 5.69 Å². The SMILES string of the molecule is COC(=O)c1ccc(O)c(NC(=NC(C)CCc2ccccc2)N2CCCC3CCCCC32)c1. The second-order valence-electron chi connectivity index (χ2n) is 9.62. The first-order chi connectivity index (χ1) is 16.5. The minimum atomic E-state index is -0.428. The highest BCUT2D eigenvalue weighted by Gasteiger charge is 2.35. The summed E-state index contributed by atoms with van der Waals surface area (Å²) in [4.78, 5) is 19.6. The molecule has 0 aromatic heterocycles. The molecule has 2 aromatic rings. The molecule has 6 nitrogen and oxygen atoms in total. The van der Waals surface area contributed by atoms with Crippen molar-refractivity contribution in [2.75, 3.05) is 19.0 Å². The number of phenols is 1. The molecule has 0 bridgehead atoms. The van der Waals surface area contributed by atoms with E-state index in [1.165, 1.54) is 50.8 Å². The average molecular weight is 464 g/mol. The molecule has 0 spiro atoms. The Bertz CT molecular complexity index is 990. The lowest BCUT2D eigenvalue weighted by molar-refractivity contribution is 0.0601. The number of methoxy groups -OCH3 is 1. The molecule has 0 radical (unpaired) electrons. The third-order valence-electron chi connectivity index (χ3n) is 7.22. The van der Waals surface area contributed by atoms with Gasteiger partial charge in [0.2, 0.25) is 0 Å². The number of rotatable bonds is 6. The number of aliphatic imine (C=N–C) groups is 1. The summed E-state index contributed by atoms with van der Waals surface area (Å²) in [5.41, 5.74) is 2.19. The summed E-state index contributed by atoms with van der Waals surface area (Å²) in [6, 6.07) is 15.8. The highest BCUT2D eigenvalue weighted by Crippen LogP contribution is 2.36. The summed E-state index contributed by atoms with van der Waals surface area (Å²) in [5.74, 6) is 1.16. The maximum absolute atomic E-state index is 12.1. The number of carbonyl (C=O) groups excluding carboxylic acids is 1. The normalized spacial score (nSPS) is 21.5. The molecule has 182 valence electrons. The second-order valence-corrected chi connectivity index (χ2v) is 9.62. The van der Waals surface area contributed by atoms with E-state index in [1.54, 1.807) is 12.1 Å². The maximum atomic E-state index is 12.1. The number of hydrogen-bond acceptors (Lipinski definition) is 4. The predicted molar refractivity (Wildman–Crippen MR) is 136 cm³/mol. The van der Waals surface area contributed by atoms with Gasteiger partial charge in [-0.25, -0.2) is 9.79 Å². The van der Waals surface area contributed by atoms with Gasteiger partial charge in [-0.05, 0) is 75.1 Å². The van der Waals surface area contributed by atoms with Gasteiger partial charge in [0.25, 0.3) is 0 Å². The van der Waals surface area contributed by atoms with Crippen LogP contribution in [0.5, 0.6) is 5.75 Å². The summed E-state index contributed by atoms with van der Waals surface area (Å²) >= 11 is 0. The highest BCUT2D eigenvalue weighted by molar-refractivity contribution is 5.98. The van der Waals surface area contributed by atoms with E-state index in [4.69, 9.17) is 9.73 Å². The van der Waals surface area contributed by atoms with Crippen LogP contribution >= 0.6 is 0 Å². The molecule has 0 amide bonds. The number of aromatic hydroxyl groups is 1. The molecule has 1 aliphatic carbocycles. The summed E-state index contributed by atoms with van der Waals surface area (Å²) < 4.78 is 4.87. The highest BCUT2D eigenvalue weighted by atomic mass is 16.5. The zero-order valence-corrected chi connectivity index (χ0v) is 20.4. The van der Waals surface area contributed by atoms with Gasteiger partial charge in [0.15, 0.2) is 5.96 Å². The fourth-order valence-corrected chi connectivity index (χ4v) is 5.36. The number of piperidine rings is 1.